The van der Waals surface area contributed by atoms with Gasteiger partial charge in [0, 0.05) is 24.2 Å². The van der Waals surface area contributed by atoms with Gasteiger partial charge in [0.2, 0.25) is 0 Å². The molecule has 2 saturated heterocycles. The largest absolute Gasteiger partial charge is 0.348 e. The first kappa shape index (κ1) is 14.1. The van der Waals surface area contributed by atoms with Crippen molar-refractivity contribution in [2.45, 2.75) is 37.8 Å². The number of carbonyl (C=O) groups is 1. The van der Waals surface area contributed by atoms with Crippen molar-refractivity contribution in [3.8, 4) is 0 Å². The van der Waals surface area contributed by atoms with Gasteiger partial charge in [-0.3, -0.25) is 9.69 Å². The molecule has 1 amide bonds. The Hall–Kier alpha value is -0.840. The fourth-order valence-corrected chi connectivity index (χ4v) is 3.72. The van der Waals surface area contributed by atoms with E-state index in [2.05, 4.69) is 15.2 Å². The van der Waals surface area contributed by atoms with Crippen LogP contribution in [-0.4, -0.2) is 41.0 Å². The fraction of sp³-hybridized carbons (Fsp3) is 0.571. The van der Waals surface area contributed by atoms with Crippen LogP contribution in [0, 0.1) is 0 Å². The van der Waals surface area contributed by atoms with Gasteiger partial charge in [0.25, 0.3) is 5.91 Å². The first-order chi connectivity index (χ1) is 9.63. The molecular weight excluding hydrogens is 297 g/mol. The second kappa shape index (κ2) is 5.88. The molecule has 6 heteroatoms. The van der Waals surface area contributed by atoms with Gasteiger partial charge in [0.05, 0.1) is 0 Å². The van der Waals surface area contributed by atoms with Crippen LogP contribution in [0.15, 0.2) is 12.1 Å². The van der Waals surface area contributed by atoms with Crippen molar-refractivity contribution < 1.29 is 4.79 Å². The molecule has 2 atom stereocenters. The lowest BCUT2D eigenvalue weighted by Gasteiger charge is -2.32. The zero-order chi connectivity index (χ0) is 14.1. The average Bonchev–Trinajstić information content (AvgIpc) is 2.81. The SMILES string of the molecule is O=C(NC1CCN2CCCCC12)c1cc(Cl)nc(Cl)c1. The zero-order valence-corrected chi connectivity index (χ0v) is 12.6. The normalized spacial score (nSPS) is 26.3. The second-order valence-electron chi connectivity index (χ2n) is 5.47. The van der Waals surface area contributed by atoms with Crippen molar-refractivity contribution in [1.82, 2.24) is 15.2 Å². The van der Waals surface area contributed by atoms with Crippen molar-refractivity contribution in [2.75, 3.05) is 13.1 Å². The van der Waals surface area contributed by atoms with E-state index in [4.69, 9.17) is 23.2 Å². The Labute approximate surface area is 128 Å². The summed E-state index contributed by atoms with van der Waals surface area (Å²) in [5, 5.41) is 3.61. The third kappa shape index (κ3) is 2.92. The molecule has 0 bridgehead atoms. The molecular formula is C14H17Cl2N3O. The molecule has 0 saturated carbocycles. The number of aromatic nitrogens is 1. The van der Waals surface area contributed by atoms with Gasteiger partial charge in [0.15, 0.2) is 0 Å². The maximum absolute atomic E-state index is 12.3. The summed E-state index contributed by atoms with van der Waals surface area (Å²) in [6.07, 6.45) is 4.71. The highest BCUT2D eigenvalue weighted by Crippen LogP contribution is 2.27. The van der Waals surface area contributed by atoms with Crippen molar-refractivity contribution in [3.05, 3.63) is 28.0 Å². The quantitative estimate of drug-likeness (QED) is 0.854. The van der Waals surface area contributed by atoms with Crippen LogP contribution in [-0.2, 0) is 0 Å². The topological polar surface area (TPSA) is 45.2 Å². The summed E-state index contributed by atoms with van der Waals surface area (Å²) in [7, 11) is 0. The highest BCUT2D eigenvalue weighted by Gasteiger charge is 2.36. The number of piperidine rings is 1. The molecule has 2 unspecified atom stereocenters. The highest BCUT2D eigenvalue weighted by molar-refractivity contribution is 6.33. The van der Waals surface area contributed by atoms with E-state index in [1.807, 2.05) is 0 Å². The standard InChI is InChI=1S/C14H17Cl2N3O/c15-12-7-9(8-13(16)18-12)14(20)17-10-4-6-19-5-2-1-3-11(10)19/h7-8,10-11H,1-6H2,(H,17,20). The summed E-state index contributed by atoms with van der Waals surface area (Å²) in [5.41, 5.74) is 0.476. The van der Waals surface area contributed by atoms with Crippen LogP contribution in [0.25, 0.3) is 0 Å². The summed E-state index contributed by atoms with van der Waals surface area (Å²) in [6.45, 7) is 2.23. The lowest BCUT2D eigenvalue weighted by molar-refractivity contribution is 0.0915. The van der Waals surface area contributed by atoms with Gasteiger partial charge >= 0.3 is 0 Å². The minimum absolute atomic E-state index is 0.117. The molecule has 1 aromatic rings. The number of amides is 1. The first-order valence-electron chi connectivity index (χ1n) is 7.01. The minimum Gasteiger partial charge on any atom is -0.348 e. The van der Waals surface area contributed by atoms with Crippen LogP contribution < -0.4 is 5.32 Å². The molecule has 0 spiro atoms. The van der Waals surface area contributed by atoms with Gasteiger partial charge in [-0.15, -0.1) is 0 Å². The third-order valence-electron chi connectivity index (χ3n) is 4.20. The zero-order valence-electron chi connectivity index (χ0n) is 11.1. The van der Waals surface area contributed by atoms with Gasteiger partial charge in [0.1, 0.15) is 10.3 Å². The predicted octanol–water partition coefficient (Wildman–Crippen LogP) is 2.75. The smallest absolute Gasteiger partial charge is 0.251 e. The number of hydrogen-bond acceptors (Lipinski definition) is 3. The Morgan fingerprint density at radius 2 is 1.95 bits per heavy atom. The molecule has 2 aliphatic rings. The number of nitrogens with one attached hydrogen (secondary N) is 1. The number of hydrogen-bond donors (Lipinski definition) is 1. The Bertz CT molecular complexity index is 503. The molecule has 1 N–H and O–H groups in total. The van der Waals surface area contributed by atoms with Crippen LogP contribution in [0.3, 0.4) is 0 Å². The van der Waals surface area contributed by atoms with E-state index >= 15 is 0 Å². The van der Waals surface area contributed by atoms with Crippen molar-refractivity contribution in [1.29, 1.82) is 0 Å². The van der Waals surface area contributed by atoms with Crippen molar-refractivity contribution in [3.63, 3.8) is 0 Å². The van der Waals surface area contributed by atoms with E-state index in [9.17, 15) is 4.79 Å². The number of halogens is 2. The number of nitrogens with zero attached hydrogens (tertiary/aromatic N) is 2. The van der Waals surface area contributed by atoms with Crippen LogP contribution in [0.5, 0.6) is 0 Å². The van der Waals surface area contributed by atoms with E-state index in [1.54, 1.807) is 12.1 Å². The average molecular weight is 314 g/mol. The van der Waals surface area contributed by atoms with Gasteiger partial charge in [-0.2, -0.15) is 0 Å². The summed E-state index contributed by atoms with van der Waals surface area (Å²) < 4.78 is 0. The molecule has 2 fully saturated rings. The molecule has 108 valence electrons. The maximum atomic E-state index is 12.3. The van der Waals surface area contributed by atoms with Crippen molar-refractivity contribution >= 4 is 29.1 Å². The molecule has 0 aromatic carbocycles. The molecule has 3 rings (SSSR count). The Morgan fingerprint density at radius 1 is 1.20 bits per heavy atom. The molecule has 0 radical (unpaired) electrons. The van der Waals surface area contributed by atoms with Crippen LogP contribution in [0.4, 0.5) is 0 Å². The van der Waals surface area contributed by atoms with Crippen LogP contribution in [0.1, 0.15) is 36.0 Å². The molecule has 4 nitrogen and oxygen atoms in total. The molecule has 3 heterocycles. The molecule has 1 aromatic heterocycles. The van der Waals surface area contributed by atoms with E-state index in [-0.39, 0.29) is 22.3 Å². The summed E-state index contributed by atoms with van der Waals surface area (Å²) in [5.74, 6) is -0.117. The minimum atomic E-state index is -0.117. The lowest BCUT2D eigenvalue weighted by Crippen LogP contribution is -2.46. The monoisotopic (exact) mass is 313 g/mol. The number of rotatable bonds is 2. The second-order valence-corrected chi connectivity index (χ2v) is 6.24. The number of carbonyl (C=O) groups excluding carboxylic acids is 1. The van der Waals surface area contributed by atoms with E-state index in [0.29, 0.717) is 11.6 Å². The number of pyridine rings is 1. The Morgan fingerprint density at radius 3 is 2.70 bits per heavy atom. The van der Waals surface area contributed by atoms with Gasteiger partial charge in [-0.1, -0.05) is 29.6 Å². The van der Waals surface area contributed by atoms with E-state index < -0.39 is 0 Å². The van der Waals surface area contributed by atoms with E-state index in [1.165, 1.54) is 19.3 Å². The van der Waals surface area contributed by atoms with Gasteiger partial charge < -0.3 is 5.32 Å². The fourth-order valence-electron chi connectivity index (χ4n) is 3.26. The molecule has 2 aliphatic heterocycles. The third-order valence-corrected chi connectivity index (χ3v) is 4.58. The van der Waals surface area contributed by atoms with Crippen molar-refractivity contribution in [2.24, 2.45) is 0 Å². The highest BCUT2D eigenvalue weighted by atomic mass is 35.5. The first-order valence-corrected chi connectivity index (χ1v) is 7.77. The lowest BCUT2D eigenvalue weighted by atomic mass is 9.99. The Kier molecular flexibility index (Phi) is 4.15. The summed E-state index contributed by atoms with van der Waals surface area (Å²) in [4.78, 5) is 18.6. The Balaban J connectivity index is 1.69. The van der Waals surface area contributed by atoms with Crippen LogP contribution in [0.2, 0.25) is 10.3 Å². The predicted molar refractivity (Wildman–Crippen MR) is 79.3 cm³/mol. The summed E-state index contributed by atoms with van der Waals surface area (Å²) in [6, 6.07) is 3.82. The van der Waals surface area contributed by atoms with E-state index in [0.717, 1.165) is 19.5 Å². The number of fused-ring (bicyclic) bond motifs is 1. The van der Waals surface area contributed by atoms with Crippen LogP contribution >= 0.6 is 23.2 Å². The molecule has 20 heavy (non-hydrogen) atoms. The summed E-state index contributed by atoms with van der Waals surface area (Å²) >= 11 is 11.7. The molecule has 0 aliphatic carbocycles. The van der Waals surface area contributed by atoms with Gasteiger partial charge in [-0.25, -0.2) is 4.98 Å². The van der Waals surface area contributed by atoms with Gasteiger partial charge in [-0.05, 0) is 37.9 Å². The maximum Gasteiger partial charge on any atom is 0.251 e.